The van der Waals surface area contributed by atoms with E-state index >= 15 is 0 Å². The van der Waals surface area contributed by atoms with Crippen LogP contribution >= 0.6 is 11.3 Å². The molecule has 1 amide bonds. The topological polar surface area (TPSA) is 46.2 Å². The molecule has 0 aliphatic rings. The lowest BCUT2D eigenvalue weighted by molar-refractivity contribution is 0.101. The zero-order valence-corrected chi connectivity index (χ0v) is 11.9. The minimum Gasteiger partial charge on any atom is -0.321 e. The number of rotatable bonds is 3. The smallest absolute Gasteiger partial charge is 0.265 e. The number of hydrogen-bond donors (Lipinski definition) is 1. The van der Waals surface area contributed by atoms with E-state index in [0.29, 0.717) is 9.75 Å². The van der Waals surface area contributed by atoms with Gasteiger partial charge in [-0.15, -0.1) is 11.3 Å². The van der Waals surface area contributed by atoms with Gasteiger partial charge in [0, 0.05) is 5.69 Å². The van der Waals surface area contributed by atoms with E-state index in [9.17, 15) is 9.59 Å². The summed E-state index contributed by atoms with van der Waals surface area (Å²) in [6.45, 7) is 5.53. The normalized spacial score (nSPS) is 10.3. The van der Waals surface area contributed by atoms with Crippen LogP contribution in [0.25, 0.3) is 0 Å². The molecule has 0 saturated carbocycles. The van der Waals surface area contributed by atoms with E-state index in [1.807, 2.05) is 32.0 Å². The number of aryl methyl sites for hydroxylation is 2. The van der Waals surface area contributed by atoms with Crippen LogP contribution in [0.3, 0.4) is 0 Å². The lowest BCUT2D eigenvalue weighted by atomic mass is 10.1. The third kappa shape index (κ3) is 3.09. The Morgan fingerprint density at radius 1 is 1.00 bits per heavy atom. The molecular weight excluding hydrogens is 258 g/mol. The summed E-state index contributed by atoms with van der Waals surface area (Å²) in [5.74, 6) is -0.198. The van der Waals surface area contributed by atoms with Gasteiger partial charge in [0.1, 0.15) is 0 Å². The molecule has 1 heterocycles. The zero-order chi connectivity index (χ0) is 14.0. The van der Waals surface area contributed by atoms with Crippen molar-refractivity contribution in [2.24, 2.45) is 0 Å². The molecule has 0 aliphatic heterocycles. The van der Waals surface area contributed by atoms with Crippen LogP contribution in [-0.2, 0) is 0 Å². The van der Waals surface area contributed by atoms with Gasteiger partial charge in [-0.2, -0.15) is 0 Å². The van der Waals surface area contributed by atoms with Crippen LogP contribution in [0.4, 0.5) is 5.69 Å². The van der Waals surface area contributed by atoms with Gasteiger partial charge >= 0.3 is 0 Å². The van der Waals surface area contributed by atoms with Crippen LogP contribution in [0.2, 0.25) is 0 Å². The second-order valence-corrected chi connectivity index (χ2v) is 5.56. The zero-order valence-electron chi connectivity index (χ0n) is 11.1. The first-order valence-corrected chi connectivity index (χ1v) is 6.78. The average molecular weight is 273 g/mol. The lowest BCUT2D eigenvalue weighted by Crippen LogP contribution is -2.10. The minimum atomic E-state index is -0.180. The molecule has 0 bridgehead atoms. The highest BCUT2D eigenvalue weighted by atomic mass is 32.1. The third-order valence-electron chi connectivity index (χ3n) is 2.94. The number of thiophene rings is 1. The molecule has 0 spiro atoms. The molecule has 1 N–H and O–H groups in total. The third-order valence-corrected chi connectivity index (χ3v) is 4.13. The second-order valence-electron chi connectivity index (χ2n) is 4.47. The minimum absolute atomic E-state index is 0.0183. The van der Waals surface area contributed by atoms with Crippen LogP contribution in [0, 0.1) is 13.8 Å². The maximum absolute atomic E-state index is 12.0. The summed E-state index contributed by atoms with van der Waals surface area (Å²) in [6.07, 6.45) is 0. The summed E-state index contributed by atoms with van der Waals surface area (Å²) in [5, 5.41) is 2.84. The van der Waals surface area contributed by atoms with E-state index in [1.54, 1.807) is 12.1 Å². The molecule has 98 valence electrons. The molecule has 3 nitrogen and oxygen atoms in total. The molecule has 0 saturated heterocycles. The maximum atomic E-state index is 12.0. The van der Waals surface area contributed by atoms with Gasteiger partial charge in [0.25, 0.3) is 5.91 Å². The molecular formula is C15H15NO2S. The molecule has 1 aromatic heterocycles. The fourth-order valence-corrected chi connectivity index (χ4v) is 2.46. The van der Waals surface area contributed by atoms with Gasteiger partial charge in [0.15, 0.2) is 5.78 Å². The Balaban J connectivity index is 2.15. The number of amides is 1. The number of nitrogens with one attached hydrogen (secondary N) is 1. The summed E-state index contributed by atoms with van der Waals surface area (Å²) in [4.78, 5) is 24.4. The largest absolute Gasteiger partial charge is 0.321 e. The second kappa shape index (κ2) is 5.36. The maximum Gasteiger partial charge on any atom is 0.265 e. The van der Waals surface area contributed by atoms with E-state index in [4.69, 9.17) is 0 Å². The van der Waals surface area contributed by atoms with E-state index in [-0.39, 0.29) is 11.7 Å². The number of carbonyl (C=O) groups excluding carboxylic acids is 2. The highest BCUT2D eigenvalue weighted by Gasteiger charge is 2.11. The molecule has 0 atom stereocenters. The van der Waals surface area contributed by atoms with Crippen molar-refractivity contribution in [1.82, 2.24) is 0 Å². The van der Waals surface area contributed by atoms with E-state index in [0.717, 1.165) is 11.3 Å². The summed E-state index contributed by atoms with van der Waals surface area (Å²) in [6, 6.07) is 9.15. The molecule has 0 fully saturated rings. The molecule has 2 aromatic rings. The number of carbonyl (C=O) groups is 2. The van der Waals surface area contributed by atoms with Crippen molar-refractivity contribution in [2.45, 2.75) is 20.8 Å². The average Bonchev–Trinajstić information content (AvgIpc) is 2.83. The highest BCUT2D eigenvalue weighted by molar-refractivity contribution is 7.16. The monoisotopic (exact) mass is 273 g/mol. The van der Waals surface area contributed by atoms with Crippen molar-refractivity contribution < 1.29 is 9.59 Å². The van der Waals surface area contributed by atoms with Gasteiger partial charge in [0.2, 0.25) is 0 Å². The Bertz CT molecular complexity index is 643. The van der Waals surface area contributed by atoms with Gasteiger partial charge in [-0.25, -0.2) is 0 Å². The van der Waals surface area contributed by atoms with Crippen LogP contribution < -0.4 is 5.32 Å². The Kier molecular flexibility index (Phi) is 3.81. The van der Waals surface area contributed by atoms with Crippen molar-refractivity contribution in [2.75, 3.05) is 5.32 Å². The first-order chi connectivity index (χ1) is 8.97. The van der Waals surface area contributed by atoms with Crippen molar-refractivity contribution in [3.63, 3.8) is 0 Å². The molecule has 19 heavy (non-hydrogen) atoms. The molecule has 0 aliphatic carbocycles. The van der Waals surface area contributed by atoms with Crippen molar-refractivity contribution in [1.29, 1.82) is 0 Å². The summed E-state index contributed by atoms with van der Waals surface area (Å²) < 4.78 is 0. The molecule has 4 heteroatoms. The Morgan fingerprint density at radius 3 is 2.26 bits per heavy atom. The van der Waals surface area contributed by atoms with Gasteiger partial charge in [-0.3, -0.25) is 9.59 Å². The Hall–Kier alpha value is -1.94. The standard InChI is InChI=1S/C15H15NO2S/c1-9-4-5-12(8-10(9)2)16-15(18)14-7-6-13(19-14)11(3)17/h4-8H,1-3H3,(H,16,18). The predicted octanol–water partition coefficient (Wildman–Crippen LogP) is 3.82. The van der Waals surface area contributed by atoms with Crippen molar-refractivity contribution in [3.8, 4) is 0 Å². The number of benzene rings is 1. The fraction of sp³-hybridized carbons (Fsp3) is 0.200. The van der Waals surface area contributed by atoms with Gasteiger partial charge in [0.05, 0.1) is 9.75 Å². The van der Waals surface area contributed by atoms with E-state index in [2.05, 4.69) is 5.32 Å². The van der Waals surface area contributed by atoms with Gasteiger partial charge in [-0.1, -0.05) is 6.07 Å². The first-order valence-electron chi connectivity index (χ1n) is 5.97. The van der Waals surface area contributed by atoms with E-state index < -0.39 is 0 Å². The first kappa shape index (κ1) is 13.5. The number of anilines is 1. The SMILES string of the molecule is CC(=O)c1ccc(C(=O)Nc2ccc(C)c(C)c2)s1. The quantitative estimate of drug-likeness (QED) is 0.864. The Morgan fingerprint density at radius 2 is 1.68 bits per heavy atom. The lowest BCUT2D eigenvalue weighted by Gasteiger charge is -2.06. The number of hydrogen-bond acceptors (Lipinski definition) is 3. The Labute approximate surface area is 116 Å². The van der Waals surface area contributed by atoms with Gasteiger partial charge < -0.3 is 5.32 Å². The van der Waals surface area contributed by atoms with Crippen LogP contribution in [0.1, 0.15) is 37.4 Å². The van der Waals surface area contributed by atoms with Crippen molar-refractivity contribution in [3.05, 3.63) is 51.2 Å². The molecule has 0 unspecified atom stereocenters. The van der Waals surface area contributed by atoms with Crippen LogP contribution in [0.5, 0.6) is 0 Å². The van der Waals surface area contributed by atoms with E-state index in [1.165, 1.54) is 23.8 Å². The summed E-state index contributed by atoms with van der Waals surface area (Å²) in [5.41, 5.74) is 3.09. The van der Waals surface area contributed by atoms with Crippen molar-refractivity contribution >= 4 is 28.7 Å². The molecule has 2 rings (SSSR count). The van der Waals surface area contributed by atoms with Crippen LogP contribution in [0.15, 0.2) is 30.3 Å². The fourth-order valence-electron chi connectivity index (χ4n) is 1.66. The predicted molar refractivity (Wildman–Crippen MR) is 78.2 cm³/mol. The van der Waals surface area contributed by atoms with Crippen LogP contribution in [-0.4, -0.2) is 11.7 Å². The van der Waals surface area contributed by atoms with Gasteiger partial charge in [-0.05, 0) is 56.2 Å². The summed E-state index contributed by atoms with van der Waals surface area (Å²) in [7, 11) is 0. The molecule has 0 radical (unpaired) electrons. The number of ketones is 1. The summed E-state index contributed by atoms with van der Waals surface area (Å²) >= 11 is 1.21. The number of Topliss-reactive ketones (excluding diaryl/α,β-unsaturated/α-hetero) is 1. The molecule has 1 aromatic carbocycles. The highest BCUT2D eigenvalue weighted by Crippen LogP contribution is 2.20.